The summed E-state index contributed by atoms with van der Waals surface area (Å²) in [4.78, 5) is 13.9. The van der Waals surface area contributed by atoms with Crippen LogP contribution in [0.25, 0.3) is 0 Å². The van der Waals surface area contributed by atoms with Crippen LogP contribution in [0.3, 0.4) is 0 Å². The van der Waals surface area contributed by atoms with Gasteiger partial charge in [-0.15, -0.1) is 0 Å². The molecule has 0 fully saturated rings. The number of hydrogen-bond donors (Lipinski definition) is 1. The fourth-order valence-electron chi connectivity index (χ4n) is 1.57. The van der Waals surface area contributed by atoms with Crippen molar-refractivity contribution in [1.29, 1.82) is 0 Å². The Kier molecular flexibility index (Phi) is 7.40. The molecule has 0 unspecified atom stereocenters. The molecule has 4 nitrogen and oxygen atoms in total. The monoisotopic (exact) mass is 312 g/mol. The first-order chi connectivity index (χ1) is 9.60. The minimum atomic E-state index is -0.0605. The SMILES string of the molecule is CCN(CC)C(=S)SCC(=O)Nc1ccc(OC)cc1. The van der Waals surface area contributed by atoms with E-state index in [1.165, 1.54) is 11.8 Å². The van der Waals surface area contributed by atoms with Crippen molar-refractivity contribution < 1.29 is 9.53 Å². The maximum absolute atomic E-state index is 11.8. The van der Waals surface area contributed by atoms with Gasteiger partial charge in [0.05, 0.1) is 12.9 Å². The number of amides is 1. The summed E-state index contributed by atoms with van der Waals surface area (Å²) in [7, 11) is 1.61. The van der Waals surface area contributed by atoms with Gasteiger partial charge in [0.15, 0.2) is 0 Å². The molecule has 0 atom stereocenters. The molecule has 1 rings (SSSR count). The molecule has 6 heteroatoms. The van der Waals surface area contributed by atoms with Crippen LogP contribution >= 0.6 is 24.0 Å². The molecule has 0 aromatic heterocycles. The second-order valence-corrected chi connectivity index (χ2v) is 5.61. The van der Waals surface area contributed by atoms with Gasteiger partial charge >= 0.3 is 0 Å². The zero-order chi connectivity index (χ0) is 15.0. The van der Waals surface area contributed by atoms with E-state index in [0.717, 1.165) is 28.8 Å². The van der Waals surface area contributed by atoms with E-state index in [-0.39, 0.29) is 5.91 Å². The molecule has 1 aromatic rings. The summed E-state index contributed by atoms with van der Waals surface area (Å²) in [5.74, 6) is 1.02. The second-order valence-electron chi connectivity index (χ2n) is 4.00. The van der Waals surface area contributed by atoms with Gasteiger partial charge in [0.1, 0.15) is 10.1 Å². The highest BCUT2D eigenvalue weighted by atomic mass is 32.2. The third-order valence-corrected chi connectivity index (χ3v) is 4.25. The van der Waals surface area contributed by atoms with Crippen LogP contribution in [0.5, 0.6) is 5.75 Å². The molecule has 20 heavy (non-hydrogen) atoms. The Morgan fingerprint density at radius 2 is 1.90 bits per heavy atom. The fourth-order valence-corrected chi connectivity index (χ4v) is 2.77. The fraction of sp³-hybridized carbons (Fsp3) is 0.429. The lowest BCUT2D eigenvalue weighted by atomic mass is 10.3. The van der Waals surface area contributed by atoms with E-state index in [1.807, 2.05) is 38.1 Å². The van der Waals surface area contributed by atoms with Gasteiger partial charge in [-0.2, -0.15) is 0 Å². The predicted octanol–water partition coefficient (Wildman–Crippen LogP) is 2.99. The molecular weight excluding hydrogens is 292 g/mol. The van der Waals surface area contributed by atoms with Gasteiger partial charge in [-0.1, -0.05) is 24.0 Å². The van der Waals surface area contributed by atoms with Gasteiger partial charge in [-0.3, -0.25) is 4.79 Å². The molecule has 0 bridgehead atoms. The normalized spacial score (nSPS) is 9.95. The Bertz CT molecular complexity index is 445. The van der Waals surface area contributed by atoms with Crippen LogP contribution < -0.4 is 10.1 Å². The summed E-state index contributed by atoms with van der Waals surface area (Å²) >= 11 is 6.67. The number of ether oxygens (including phenoxy) is 1. The van der Waals surface area contributed by atoms with Gasteiger partial charge in [-0.05, 0) is 38.1 Å². The maximum atomic E-state index is 11.8. The number of anilines is 1. The number of carbonyl (C=O) groups excluding carboxylic acids is 1. The van der Waals surface area contributed by atoms with Crippen molar-refractivity contribution in [3.8, 4) is 5.75 Å². The highest BCUT2D eigenvalue weighted by molar-refractivity contribution is 8.23. The molecule has 0 heterocycles. The summed E-state index contributed by atoms with van der Waals surface area (Å²) in [6.07, 6.45) is 0. The lowest BCUT2D eigenvalue weighted by Gasteiger charge is -2.20. The Morgan fingerprint density at radius 1 is 1.30 bits per heavy atom. The van der Waals surface area contributed by atoms with E-state index in [1.54, 1.807) is 7.11 Å². The predicted molar refractivity (Wildman–Crippen MR) is 89.6 cm³/mol. The van der Waals surface area contributed by atoms with E-state index in [4.69, 9.17) is 17.0 Å². The molecule has 0 aliphatic heterocycles. The molecule has 0 saturated heterocycles. The Labute approximate surface area is 129 Å². The third-order valence-electron chi connectivity index (χ3n) is 2.72. The van der Waals surface area contributed by atoms with Crippen LogP contribution in [0.2, 0.25) is 0 Å². The first-order valence-electron chi connectivity index (χ1n) is 6.46. The van der Waals surface area contributed by atoms with Crippen molar-refractivity contribution in [3.63, 3.8) is 0 Å². The average Bonchev–Trinajstić information content (AvgIpc) is 2.47. The lowest BCUT2D eigenvalue weighted by molar-refractivity contribution is -0.113. The number of rotatable bonds is 6. The number of thiocarbonyl (C=S) groups is 1. The third kappa shape index (κ3) is 5.38. The van der Waals surface area contributed by atoms with Gasteiger partial charge in [0, 0.05) is 18.8 Å². The topological polar surface area (TPSA) is 41.6 Å². The van der Waals surface area contributed by atoms with Crippen molar-refractivity contribution in [2.24, 2.45) is 0 Å². The smallest absolute Gasteiger partial charge is 0.234 e. The van der Waals surface area contributed by atoms with Crippen LogP contribution in [0, 0.1) is 0 Å². The quantitative estimate of drug-likeness (QED) is 0.818. The number of nitrogens with one attached hydrogen (secondary N) is 1. The largest absolute Gasteiger partial charge is 0.497 e. The van der Waals surface area contributed by atoms with Crippen molar-refractivity contribution >= 4 is 39.9 Å². The highest BCUT2D eigenvalue weighted by Crippen LogP contribution is 2.16. The van der Waals surface area contributed by atoms with Gasteiger partial charge < -0.3 is 15.0 Å². The van der Waals surface area contributed by atoms with Crippen LogP contribution in [-0.4, -0.2) is 41.1 Å². The minimum absolute atomic E-state index is 0.0605. The number of hydrogen-bond acceptors (Lipinski definition) is 4. The number of nitrogens with zero attached hydrogens (tertiary/aromatic N) is 1. The minimum Gasteiger partial charge on any atom is -0.497 e. The maximum Gasteiger partial charge on any atom is 0.234 e. The first kappa shape index (κ1) is 16.8. The molecule has 1 N–H and O–H groups in total. The van der Waals surface area contributed by atoms with Gasteiger partial charge in [0.25, 0.3) is 0 Å². The molecule has 0 radical (unpaired) electrons. The summed E-state index contributed by atoms with van der Waals surface area (Å²) in [5, 5.41) is 2.83. The molecule has 1 amide bonds. The van der Waals surface area contributed by atoms with E-state index in [0.29, 0.717) is 5.75 Å². The second kappa shape index (κ2) is 8.81. The molecule has 0 saturated carbocycles. The van der Waals surface area contributed by atoms with Gasteiger partial charge in [-0.25, -0.2) is 0 Å². The van der Waals surface area contributed by atoms with Crippen molar-refractivity contribution in [2.45, 2.75) is 13.8 Å². The summed E-state index contributed by atoms with van der Waals surface area (Å²) in [6, 6.07) is 7.24. The Balaban J connectivity index is 2.41. The number of benzene rings is 1. The van der Waals surface area contributed by atoms with E-state index in [2.05, 4.69) is 10.2 Å². The van der Waals surface area contributed by atoms with E-state index < -0.39 is 0 Å². The van der Waals surface area contributed by atoms with Crippen molar-refractivity contribution in [3.05, 3.63) is 24.3 Å². The number of methoxy groups -OCH3 is 1. The molecular formula is C14H20N2O2S2. The molecule has 1 aromatic carbocycles. The Morgan fingerprint density at radius 3 is 2.40 bits per heavy atom. The van der Waals surface area contributed by atoms with Gasteiger partial charge in [0.2, 0.25) is 5.91 Å². The van der Waals surface area contributed by atoms with Crippen molar-refractivity contribution in [1.82, 2.24) is 4.90 Å². The first-order valence-corrected chi connectivity index (χ1v) is 7.85. The molecule has 0 spiro atoms. The summed E-state index contributed by atoms with van der Waals surface area (Å²) < 4.78 is 5.83. The number of thioether (sulfide) groups is 1. The number of carbonyl (C=O) groups is 1. The molecule has 110 valence electrons. The standard InChI is InChI=1S/C14H20N2O2S2/c1-4-16(5-2)14(19)20-10-13(17)15-11-6-8-12(18-3)9-7-11/h6-9H,4-5,10H2,1-3H3,(H,15,17). The van der Waals surface area contributed by atoms with Crippen LogP contribution in [0.1, 0.15) is 13.8 Å². The molecule has 0 aliphatic carbocycles. The van der Waals surface area contributed by atoms with E-state index >= 15 is 0 Å². The summed E-state index contributed by atoms with van der Waals surface area (Å²) in [5.41, 5.74) is 0.755. The zero-order valence-corrected chi connectivity index (χ0v) is 13.6. The van der Waals surface area contributed by atoms with E-state index in [9.17, 15) is 4.79 Å². The summed E-state index contributed by atoms with van der Waals surface area (Å²) in [6.45, 7) is 5.83. The molecule has 0 aliphatic rings. The van der Waals surface area contributed by atoms with Crippen molar-refractivity contribution in [2.75, 3.05) is 31.3 Å². The highest BCUT2D eigenvalue weighted by Gasteiger charge is 2.09. The van der Waals surface area contributed by atoms with Crippen LogP contribution in [-0.2, 0) is 4.79 Å². The van der Waals surface area contributed by atoms with Crippen LogP contribution in [0.15, 0.2) is 24.3 Å². The zero-order valence-electron chi connectivity index (χ0n) is 12.0. The lowest BCUT2D eigenvalue weighted by Crippen LogP contribution is -2.28. The Hall–Kier alpha value is -1.27. The average molecular weight is 312 g/mol. The van der Waals surface area contributed by atoms with Crippen LogP contribution in [0.4, 0.5) is 5.69 Å².